The Morgan fingerprint density at radius 3 is 2.36 bits per heavy atom. The van der Waals surface area contributed by atoms with Crippen molar-refractivity contribution in [2.45, 2.75) is 20.0 Å². The molecule has 0 aromatic carbocycles. The predicted octanol–water partition coefficient (Wildman–Crippen LogP) is 3.25. The normalized spacial score (nSPS) is 13.7. The van der Waals surface area contributed by atoms with E-state index in [1.54, 1.807) is 0 Å². The van der Waals surface area contributed by atoms with Gasteiger partial charge >= 0.3 is 6.18 Å². The van der Waals surface area contributed by atoms with E-state index >= 15 is 0 Å². The molecule has 0 aliphatic carbocycles. The van der Waals surface area contributed by atoms with Crippen LogP contribution in [-0.4, -0.2) is 17.7 Å². The fourth-order valence-electron chi connectivity index (χ4n) is 0.418. The molecule has 0 unspecified atom stereocenters. The number of halogens is 3. The zero-order chi connectivity index (χ0) is 8.91. The van der Waals surface area contributed by atoms with Crippen molar-refractivity contribution >= 4 is 11.8 Å². The maximum absolute atomic E-state index is 11.8. The number of hydrogen-bond donors (Lipinski definition) is 0. The Hall–Kier alpha value is -0.120. The van der Waals surface area contributed by atoms with Gasteiger partial charge in [0.2, 0.25) is 0 Å². The molecule has 0 bridgehead atoms. The second kappa shape index (κ2) is 4.70. The molecular weight excluding hydrogens is 173 g/mol. The predicted molar refractivity (Wildman–Crippen MR) is 42.8 cm³/mol. The second-order valence-electron chi connectivity index (χ2n) is 2.04. The first kappa shape index (κ1) is 10.9. The van der Waals surface area contributed by atoms with E-state index in [0.717, 1.165) is 12.7 Å². The molecule has 0 aromatic heterocycles. The molecule has 0 heterocycles. The van der Waals surface area contributed by atoms with Gasteiger partial charge in [0.25, 0.3) is 0 Å². The van der Waals surface area contributed by atoms with Crippen molar-refractivity contribution in [3.05, 3.63) is 11.6 Å². The van der Waals surface area contributed by atoms with Gasteiger partial charge in [-0.1, -0.05) is 13.0 Å². The third-order valence-corrected chi connectivity index (χ3v) is 1.97. The average Bonchev–Trinajstić information content (AvgIpc) is 1.86. The van der Waals surface area contributed by atoms with Crippen LogP contribution in [-0.2, 0) is 0 Å². The van der Waals surface area contributed by atoms with Crippen molar-refractivity contribution < 1.29 is 13.2 Å². The fraction of sp³-hybridized carbons (Fsp3) is 0.714. The van der Waals surface area contributed by atoms with Crippen LogP contribution in [0.3, 0.4) is 0 Å². The van der Waals surface area contributed by atoms with Gasteiger partial charge in [-0.05, 0) is 12.7 Å². The highest BCUT2D eigenvalue weighted by molar-refractivity contribution is 7.99. The van der Waals surface area contributed by atoms with Crippen LogP contribution in [0.25, 0.3) is 0 Å². The Morgan fingerprint density at radius 2 is 2.00 bits per heavy atom. The van der Waals surface area contributed by atoms with Gasteiger partial charge in [-0.25, -0.2) is 0 Å². The van der Waals surface area contributed by atoms with Gasteiger partial charge < -0.3 is 0 Å². The van der Waals surface area contributed by atoms with Crippen LogP contribution in [0.2, 0.25) is 0 Å². The molecule has 0 radical (unpaired) electrons. The van der Waals surface area contributed by atoms with Crippen LogP contribution in [0.1, 0.15) is 13.8 Å². The highest BCUT2D eigenvalue weighted by Gasteiger charge is 2.29. The molecule has 0 nitrogen and oxygen atoms in total. The molecule has 0 aromatic rings. The zero-order valence-corrected chi connectivity index (χ0v) is 7.35. The minimum absolute atomic E-state index is 0.446. The van der Waals surface area contributed by atoms with Crippen molar-refractivity contribution in [1.82, 2.24) is 0 Å². The quantitative estimate of drug-likeness (QED) is 0.479. The molecule has 66 valence electrons. The number of hydrogen-bond acceptors (Lipinski definition) is 1. The van der Waals surface area contributed by atoms with E-state index in [2.05, 4.69) is 0 Å². The summed E-state index contributed by atoms with van der Waals surface area (Å²) in [6.07, 6.45) is -2.93. The van der Waals surface area contributed by atoms with Crippen molar-refractivity contribution in [1.29, 1.82) is 0 Å². The highest BCUT2D eigenvalue weighted by Crippen LogP contribution is 2.24. The molecule has 0 saturated carbocycles. The minimum Gasteiger partial charge on any atom is -0.167 e. The maximum atomic E-state index is 11.8. The Balaban J connectivity index is 3.81. The third kappa shape index (κ3) is 5.18. The molecule has 0 N–H and O–H groups in total. The lowest BCUT2D eigenvalue weighted by atomic mass is 10.3. The Labute approximate surface area is 68.9 Å². The standard InChI is InChI=1S/C7H11F3S/c1-3-11-5-4-6(2)7(8,9)10/h4H,3,5H2,1-2H3. The molecule has 11 heavy (non-hydrogen) atoms. The lowest BCUT2D eigenvalue weighted by Crippen LogP contribution is -2.08. The summed E-state index contributed by atoms with van der Waals surface area (Å²) >= 11 is 1.48. The first-order valence-electron chi connectivity index (χ1n) is 3.30. The Morgan fingerprint density at radius 1 is 1.45 bits per heavy atom. The number of rotatable bonds is 3. The average molecular weight is 184 g/mol. The van der Waals surface area contributed by atoms with Crippen LogP contribution < -0.4 is 0 Å². The summed E-state index contributed by atoms with van der Waals surface area (Å²) < 4.78 is 35.4. The van der Waals surface area contributed by atoms with Crippen LogP contribution in [0.4, 0.5) is 13.2 Å². The summed E-state index contributed by atoms with van der Waals surface area (Å²) in [7, 11) is 0. The van der Waals surface area contributed by atoms with E-state index in [-0.39, 0.29) is 0 Å². The monoisotopic (exact) mass is 184 g/mol. The van der Waals surface area contributed by atoms with Crippen LogP contribution in [0, 0.1) is 0 Å². The van der Waals surface area contributed by atoms with Gasteiger partial charge in [0.1, 0.15) is 0 Å². The lowest BCUT2D eigenvalue weighted by Gasteiger charge is -2.05. The maximum Gasteiger partial charge on any atom is 0.412 e. The highest BCUT2D eigenvalue weighted by atomic mass is 32.2. The Kier molecular flexibility index (Phi) is 4.65. The van der Waals surface area contributed by atoms with Gasteiger partial charge in [0.15, 0.2) is 0 Å². The van der Waals surface area contributed by atoms with Crippen molar-refractivity contribution in [3.63, 3.8) is 0 Å². The molecule has 0 atom stereocenters. The third-order valence-electron chi connectivity index (χ3n) is 1.16. The second-order valence-corrected chi connectivity index (χ2v) is 3.36. The Bertz CT molecular complexity index is 137. The fourth-order valence-corrected chi connectivity index (χ4v) is 1.02. The van der Waals surface area contributed by atoms with Gasteiger partial charge in [0, 0.05) is 11.3 Å². The van der Waals surface area contributed by atoms with Crippen molar-refractivity contribution in [3.8, 4) is 0 Å². The lowest BCUT2D eigenvalue weighted by molar-refractivity contribution is -0.0914. The molecule has 0 fully saturated rings. The SMILES string of the molecule is CCSCC=C(C)C(F)(F)F. The molecule has 0 aliphatic heterocycles. The molecule has 0 rings (SSSR count). The molecular formula is C7H11F3S. The summed E-state index contributed by atoms with van der Waals surface area (Å²) in [6, 6.07) is 0. The topological polar surface area (TPSA) is 0 Å². The first-order chi connectivity index (χ1) is 4.98. The summed E-state index contributed by atoms with van der Waals surface area (Å²) in [5.41, 5.74) is -0.501. The molecule has 0 amide bonds. The van der Waals surface area contributed by atoms with E-state index in [1.807, 2.05) is 6.92 Å². The van der Waals surface area contributed by atoms with E-state index in [9.17, 15) is 13.2 Å². The first-order valence-corrected chi connectivity index (χ1v) is 4.45. The van der Waals surface area contributed by atoms with Crippen molar-refractivity contribution in [2.75, 3.05) is 11.5 Å². The van der Waals surface area contributed by atoms with Crippen LogP contribution in [0.5, 0.6) is 0 Å². The molecule has 0 aliphatic rings. The zero-order valence-electron chi connectivity index (χ0n) is 6.53. The minimum atomic E-state index is -4.14. The summed E-state index contributed by atoms with van der Waals surface area (Å²) in [6.45, 7) is 3.01. The smallest absolute Gasteiger partial charge is 0.167 e. The van der Waals surface area contributed by atoms with Gasteiger partial charge in [-0.2, -0.15) is 24.9 Å². The number of allylic oxidation sites excluding steroid dienone is 1. The van der Waals surface area contributed by atoms with Crippen LogP contribution >= 0.6 is 11.8 Å². The van der Waals surface area contributed by atoms with Gasteiger partial charge in [-0.15, -0.1) is 0 Å². The largest absolute Gasteiger partial charge is 0.412 e. The van der Waals surface area contributed by atoms with Crippen LogP contribution in [0.15, 0.2) is 11.6 Å². The van der Waals surface area contributed by atoms with E-state index in [4.69, 9.17) is 0 Å². The molecule has 0 saturated heterocycles. The van der Waals surface area contributed by atoms with E-state index in [0.29, 0.717) is 5.75 Å². The number of thioether (sulfide) groups is 1. The van der Waals surface area contributed by atoms with Gasteiger partial charge in [-0.3, -0.25) is 0 Å². The van der Waals surface area contributed by atoms with E-state index in [1.165, 1.54) is 17.8 Å². The molecule has 0 spiro atoms. The summed E-state index contributed by atoms with van der Waals surface area (Å²) in [5, 5.41) is 0. The number of alkyl halides is 3. The summed E-state index contributed by atoms with van der Waals surface area (Å²) in [4.78, 5) is 0. The van der Waals surface area contributed by atoms with E-state index < -0.39 is 11.7 Å². The van der Waals surface area contributed by atoms with Crippen molar-refractivity contribution in [2.24, 2.45) is 0 Å². The molecule has 4 heteroatoms. The van der Waals surface area contributed by atoms with Gasteiger partial charge in [0.05, 0.1) is 0 Å². The summed E-state index contributed by atoms with van der Waals surface area (Å²) in [5.74, 6) is 1.30.